The molecule has 7 amide bonds. The van der Waals surface area contributed by atoms with Gasteiger partial charge >= 0.3 is 42.3 Å². The maximum atomic E-state index is 11.7. The molecule has 147 heavy (non-hydrogen) atoms. The van der Waals surface area contributed by atoms with E-state index in [2.05, 4.69) is 102 Å². The van der Waals surface area contributed by atoms with Crippen molar-refractivity contribution < 1.29 is 106 Å². The fourth-order valence-corrected chi connectivity index (χ4v) is 11.3. The quantitative estimate of drug-likeness (QED) is 0.00322. The molecule has 4 heterocycles. The van der Waals surface area contributed by atoms with Gasteiger partial charge in [-0.05, 0) is 281 Å². The van der Waals surface area contributed by atoms with Crippen molar-refractivity contribution in [3.63, 3.8) is 0 Å². The van der Waals surface area contributed by atoms with Crippen molar-refractivity contribution in [2.75, 3.05) is 113 Å². The van der Waals surface area contributed by atoms with Gasteiger partial charge in [0.1, 0.15) is 56.5 Å². The minimum Gasteiger partial charge on any atom is -0.508 e. The molecular weight excluding hydrogens is 2190 g/mol. The molecule has 5 aromatic carbocycles. The average Bonchev–Trinajstić information content (AvgIpc) is 1.22. The number of thioether (sulfide) groups is 1. The zero-order valence-electron chi connectivity index (χ0n) is 85.6. The highest BCUT2D eigenvalue weighted by atomic mass is 127. The molecule has 0 bridgehead atoms. The SMILES string of the molecule is CC(C)(C)OC(=O)NCCCCc1ccc(O)cc1.CC(C)(C)OC(=O)NCCCCc1ccc(OCC(=O)Nc2ncc[nH]2)cc1.CC(C)(C)OC(=O)NCCCCc1ccc(OCC(=O)O)cc1.COC(=O)CBr.COC(=O)COc1ccc(CCCCNC(=O)OC(C)(C)C)cc1.CSC(=N)NC(=O)c1nc(Cl)c(N)nc1N.Cl.Cl.Cl.I.NCCCCc1ccc(OCC(=O)Nc2ncc[nH]2)cc1.Nc1ncc[nH]1. The number of benzene rings is 5. The Hall–Kier alpha value is -12.5. The van der Waals surface area contributed by atoms with E-state index in [1.807, 2.05) is 180 Å². The van der Waals surface area contributed by atoms with Crippen molar-refractivity contribution in [2.24, 2.45) is 5.73 Å². The van der Waals surface area contributed by atoms with Crippen LogP contribution in [0.4, 0.5) is 48.7 Å². The third-order valence-corrected chi connectivity index (χ3v) is 18.6. The number of amides is 7. The topological polar surface area (TPSA) is 627 Å². The number of amidine groups is 1. The standard InChI is InChI=1S/C20H28N4O4.C18H27NO5.C17H25NO5.C15H20N4O2.C15H23NO3.C7H9ClN6OS.C3H5BrO2.C3H5N3.3ClH.HI/c1-20(2,3)28-19(26)23-11-5-4-6-15-7-9-16(10-8-15)27-14-17(25)24-18-21-12-13-22-18;1-18(2,3)24-17(21)19-12-6-5-7-14-8-10-15(11-9-14)23-13-16(20)22-4;1-17(2,3)23-16(21)18-11-5-4-6-13-7-9-14(10-8-13)22-12-15(19)20;16-8-2-1-3-12-4-6-13(7-5-12)21-11-14(20)19-15-17-9-10-18-15;1-15(2,3)19-14(18)16-11-5-4-6-12-7-9-13(17)10-8-12;1-16-7(11)14-6(15)2-4(9)13-5(10)3(8)12-2;1-6-3(5)2-4;4-3-5-1-2-6-3;;;;/h7-10,12-13H,4-6,11,14H2,1-3H3,(H,23,26)(H2,21,22,24,25);8-11H,5-7,12-13H2,1-4H3,(H,19,21);7-10H,4-6,11-12H2,1-3H3,(H,18,21)(H,19,20);4-7,9-10H,1-3,8,11,16H2,(H2,17,18,19,20);7-10,17H,4-6,11H2,1-3H3,(H,16,18);1H3,(H4,9,10,13)(H2,11,14,15);2H2,1H3;1-2H,(H3,4,5,6);4*1H. The number of carboxylic acid groups (broad SMARTS) is 1. The van der Waals surface area contributed by atoms with Crippen LogP contribution in [0.15, 0.2) is 159 Å². The lowest BCUT2D eigenvalue weighted by Gasteiger charge is -2.19. The van der Waals surface area contributed by atoms with Crippen LogP contribution in [0, 0.1) is 5.41 Å². The summed E-state index contributed by atoms with van der Waals surface area (Å²) in [6, 6.07) is 37.5. The number of aliphatic carboxylic acids is 1. The van der Waals surface area contributed by atoms with E-state index in [4.69, 9.17) is 88.1 Å². The summed E-state index contributed by atoms with van der Waals surface area (Å²) < 4.78 is 50.6. The van der Waals surface area contributed by atoms with Crippen LogP contribution in [0.1, 0.15) is 186 Å². The number of alkyl halides is 1. The highest BCUT2D eigenvalue weighted by Gasteiger charge is 2.21. The van der Waals surface area contributed by atoms with Gasteiger partial charge in [0.25, 0.3) is 17.7 Å². The van der Waals surface area contributed by atoms with Crippen LogP contribution >= 0.6 is 100 Å². The summed E-state index contributed by atoms with van der Waals surface area (Å²) in [5.74, 6) is 1.05. The van der Waals surface area contributed by atoms with Gasteiger partial charge in [-0.2, -0.15) is 0 Å². The minimum absolute atomic E-state index is 0. The number of unbranched alkanes of at least 4 members (excludes halogenated alkanes) is 5. The molecule has 49 heteroatoms. The van der Waals surface area contributed by atoms with Gasteiger partial charge in [-0.3, -0.25) is 35.2 Å². The largest absolute Gasteiger partial charge is 0.508 e. The molecule has 9 aromatic rings. The molecule has 4 aromatic heterocycles. The van der Waals surface area contributed by atoms with Crippen molar-refractivity contribution in [1.29, 1.82) is 5.41 Å². The summed E-state index contributed by atoms with van der Waals surface area (Å²) in [5.41, 5.74) is 25.3. The molecule has 0 radical (unpaired) electrons. The smallest absolute Gasteiger partial charge is 0.407 e. The van der Waals surface area contributed by atoms with Gasteiger partial charge in [0.2, 0.25) is 11.9 Å². The number of carbonyl (C=O) groups excluding carboxylic acids is 9. The third kappa shape index (κ3) is 74.9. The highest BCUT2D eigenvalue weighted by molar-refractivity contribution is 14.0. The van der Waals surface area contributed by atoms with Gasteiger partial charge in [-0.25, -0.2) is 53.7 Å². The number of imidazole rings is 3. The lowest BCUT2D eigenvalue weighted by atomic mass is 10.1. The van der Waals surface area contributed by atoms with Gasteiger partial charge in [-0.1, -0.05) is 100.0 Å². The number of methoxy groups -OCH3 is 2. The van der Waals surface area contributed by atoms with Crippen LogP contribution < -0.4 is 79.1 Å². The fourth-order valence-electron chi connectivity index (χ4n) is 10.8. The molecule has 0 saturated carbocycles. The molecule has 0 aliphatic carbocycles. The Kier molecular flexibility index (Phi) is 74.2. The van der Waals surface area contributed by atoms with E-state index < -0.39 is 46.3 Å². The maximum absolute atomic E-state index is 11.7. The van der Waals surface area contributed by atoms with Crippen LogP contribution in [0.5, 0.6) is 28.7 Å². The van der Waals surface area contributed by atoms with E-state index in [1.54, 1.807) is 67.7 Å². The number of aromatic nitrogens is 8. The number of alkyl carbamates (subject to hydrolysis) is 4. The summed E-state index contributed by atoms with van der Waals surface area (Å²) in [5, 5.41) is 43.5. The van der Waals surface area contributed by atoms with Crippen molar-refractivity contribution in [1.82, 2.24) is 66.5 Å². The van der Waals surface area contributed by atoms with Crippen molar-refractivity contribution in [2.45, 2.75) is 202 Å². The molecule has 0 atom stereocenters. The van der Waals surface area contributed by atoms with Crippen LogP contribution in [0.2, 0.25) is 5.15 Å². The molecule has 21 N–H and O–H groups in total. The molecular formula is C98H146BrCl4IN20O22S. The number of nitrogens with zero attached hydrogens (tertiary/aromatic N) is 5. The second-order valence-electron chi connectivity index (χ2n) is 34.4. The number of nitrogen functional groups attached to an aromatic ring is 3. The molecule has 0 aliphatic heterocycles. The number of ether oxygens (including phenoxy) is 10. The van der Waals surface area contributed by atoms with Gasteiger partial charge < -0.3 is 122 Å². The number of nitrogens with one attached hydrogen (secondary N) is 11. The Morgan fingerprint density at radius 3 is 1.00 bits per heavy atom. The monoisotopic (exact) mass is 2330 g/mol. The Morgan fingerprint density at radius 2 is 0.741 bits per heavy atom. The minimum atomic E-state index is -0.994. The Bertz CT molecular complexity index is 5150. The third-order valence-electron chi connectivity index (χ3n) is 17.4. The summed E-state index contributed by atoms with van der Waals surface area (Å²) in [7, 11) is 2.68. The second-order valence-corrected chi connectivity index (χ2v) is 36.2. The average molecular weight is 2340 g/mol. The number of carbonyl (C=O) groups is 10. The highest BCUT2D eigenvalue weighted by Crippen LogP contribution is 2.22. The first-order chi connectivity index (χ1) is 67.7. The zero-order chi connectivity index (χ0) is 107. The number of phenols is 1. The van der Waals surface area contributed by atoms with Gasteiger partial charge in [-0.15, -0.1) is 61.2 Å². The lowest BCUT2D eigenvalue weighted by Crippen LogP contribution is -2.33. The number of esters is 2. The molecule has 0 saturated heterocycles. The number of aromatic amines is 3. The van der Waals surface area contributed by atoms with E-state index in [1.165, 1.54) is 36.5 Å². The fraction of sp³-hybridized carbons (Fsp3) is 0.449. The number of aromatic hydroxyl groups is 1. The van der Waals surface area contributed by atoms with Crippen LogP contribution in [0.25, 0.3) is 0 Å². The Labute approximate surface area is 912 Å². The van der Waals surface area contributed by atoms with Crippen molar-refractivity contribution in [3.05, 3.63) is 197 Å². The molecule has 818 valence electrons. The molecule has 42 nitrogen and oxygen atoms in total. The first-order valence-electron chi connectivity index (χ1n) is 45.7. The number of H-pyrrole nitrogens is 3. The first kappa shape index (κ1) is 139. The number of rotatable bonds is 40. The number of anilines is 5. The summed E-state index contributed by atoms with van der Waals surface area (Å²) in [6.45, 7) is 24.6. The van der Waals surface area contributed by atoms with E-state index in [0.717, 1.165) is 120 Å². The predicted octanol–water partition coefficient (Wildman–Crippen LogP) is 17.1. The molecule has 0 aliphatic rings. The van der Waals surface area contributed by atoms with Crippen LogP contribution in [-0.2, 0) is 84.5 Å². The number of hydrogen-bond acceptors (Lipinski definition) is 32. The summed E-state index contributed by atoms with van der Waals surface area (Å²) in [6.07, 6.45) is 23.9. The van der Waals surface area contributed by atoms with Crippen molar-refractivity contribution >= 4 is 195 Å². The van der Waals surface area contributed by atoms with Gasteiger partial charge in [0, 0.05) is 63.4 Å². The van der Waals surface area contributed by atoms with Gasteiger partial charge in [0.15, 0.2) is 60.0 Å². The molecule has 0 spiro atoms. The number of phenolic OH excluding ortho intramolecular Hbond substituents is 1. The van der Waals surface area contributed by atoms with E-state index in [0.29, 0.717) is 67.0 Å². The summed E-state index contributed by atoms with van der Waals surface area (Å²) >= 11 is 9.57. The lowest BCUT2D eigenvalue weighted by molar-refractivity contribution is -0.143. The molecule has 0 unspecified atom stereocenters. The van der Waals surface area contributed by atoms with Crippen molar-refractivity contribution in [3.8, 4) is 28.7 Å². The maximum Gasteiger partial charge on any atom is 0.407 e. The number of hydrogen-bond donors (Lipinski definition) is 17. The Morgan fingerprint density at radius 1 is 0.435 bits per heavy atom. The Balaban J connectivity index is -0.00000165. The second kappa shape index (κ2) is 78.7. The number of halogens is 6. The molecule has 0 fully saturated rings. The van der Waals surface area contributed by atoms with E-state index in [9.17, 15) is 47.9 Å². The predicted molar refractivity (Wildman–Crippen MR) is 591 cm³/mol. The normalized spacial score (nSPS) is 10.2. The number of nitrogens with two attached hydrogens (primary N) is 4. The zero-order valence-corrected chi connectivity index (χ0v) is 93.5. The van der Waals surface area contributed by atoms with E-state index >= 15 is 0 Å². The summed E-state index contributed by atoms with van der Waals surface area (Å²) in [4.78, 5) is 139. The van der Waals surface area contributed by atoms with Crippen LogP contribution in [0.3, 0.4) is 0 Å². The van der Waals surface area contributed by atoms with Crippen LogP contribution in [-0.4, -0.2) is 223 Å². The number of carboxylic acids is 1. The van der Waals surface area contributed by atoms with Gasteiger partial charge in [0.05, 0.1) is 14.2 Å². The number of aryl methyl sites for hydroxylation is 5. The first-order valence-corrected chi connectivity index (χ1v) is 48.4. The molecule has 9 rings (SSSR count). The van der Waals surface area contributed by atoms with E-state index in [-0.39, 0.29) is 162 Å².